The van der Waals surface area contributed by atoms with E-state index in [-0.39, 0.29) is 5.54 Å². The van der Waals surface area contributed by atoms with Crippen LogP contribution in [0.15, 0.2) is 35.9 Å². The Morgan fingerprint density at radius 1 is 1.32 bits per heavy atom. The van der Waals surface area contributed by atoms with Gasteiger partial charge in [-0.15, -0.1) is 13.2 Å². The second-order valence-corrected chi connectivity index (χ2v) is 5.66. The molecule has 0 bridgehead atoms. The molecule has 4 nitrogen and oxygen atoms in total. The van der Waals surface area contributed by atoms with Gasteiger partial charge in [0.1, 0.15) is 0 Å². The van der Waals surface area contributed by atoms with Gasteiger partial charge in [0, 0.05) is 31.2 Å². The van der Waals surface area contributed by atoms with Gasteiger partial charge >= 0.3 is 0 Å². The van der Waals surface area contributed by atoms with Gasteiger partial charge in [-0.25, -0.2) is 0 Å². The third kappa shape index (κ3) is 6.36. The van der Waals surface area contributed by atoms with Crippen LogP contribution in [0.2, 0.25) is 0 Å². The van der Waals surface area contributed by atoms with Crippen molar-refractivity contribution in [1.29, 1.82) is 0 Å². The maximum absolute atomic E-state index is 5.35. The summed E-state index contributed by atoms with van der Waals surface area (Å²) in [6, 6.07) is 2.00. The van der Waals surface area contributed by atoms with E-state index in [2.05, 4.69) is 49.3 Å². The fourth-order valence-electron chi connectivity index (χ4n) is 1.66. The topological polar surface area (TPSA) is 41.3 Å². The van der Waals surface area contributed by atoms with Crippen molar-refractivity contribution < 1.29 is 4.52 Å². The highest BCUT2D eigenvalue weighted by Crippen LogP contribution is 2.09. The van der Waals surface area contributed by atoms with E-state index < -0.39 is 0 Å². The van der Waals surface area contributed by atoms with Crippen molar-refractivity contribution in [2.75, 3.05) is 13.1 Å². The molecule has 0 unspecified atom stereocenters. The van der Waals surface area contributed by atoms with Gasteiger partial charge in [0.25, 0.3) is 0 Å². The van der Waals surface area contributed by atoms with Crippen molar-refractivity contribution in [2.45, 2.75) is 39.4 Å². The zero-order valence-electron chi connectivity index (χ0n) is 12.3. The highest BCUT2D eigenvalue weighted by molar-refractivity contribution is 5.06. The summed E-state index contributed by atoms with van der Waals surface area (Å²) in [5.41, 5.74) is 1.01. The normalized spacial score (nSPS) is 11.8. The van der Waals surface area contributed by atoms with E-state index >= 15 is 0 Å². The summed E-state index contributed by atoms with van der Waals surface area (Å²) in [4.78, 5) is 2.18. The van der Waals surface area contributed by atoms with Crippen LogP contribution < -0.4 is 5.32 Å². The third-order valence-corrected chi connectivity index (χ3v) is 2.56. The Labute approximate surface area is 116 Å². The SMILES string of the molecule is C=CCN(CC=C)Cc1cc(CNC(C)(C)C)no1. The van der Waals surface area contributed by atoms with Crippen LogP contribution in [0.4, 0.5) is 0 Å². The fourth-order valence-corrected chi connectivity index (χ4v) is 1.66. The number of nitrogens with one attached hydrogen (secondary N) is 1. The number of rotatable bonds is 8. The van der Waals surface area contributed by atoms with E-state index in [0.717, 1.165) is 37.6 Å². The lowest BCUT2D eigenvalue weighted by molar-refractivity contribution is 0.270. The lowest BCUT2D eigenvalue weighted by atomic mass is 10.1. The van der Waals surface area contributed by atoms with Crippen molar-refractivity contribution in [3.8, 4) is 0 Å². The highest BCUT2D eigenvalue weighted by atomic mass is 16.5. The highest BCUT2D eigenvalue weighted by Gasteiger charge is 2.12. The van der Waals surface area contributed by atoms with Crippen molar-refractivity contribution >= 4 is 0 Å². The molecule has 0 radical (unpaired) electrons. The summed E-state index contributed by atoms with van der Waals surface area (Å²) in [7, 11) is 0. The van der Waals surface area contributed by atoms with Crippen LogP contribution in [0.3, 0.4) is 0 Å². The summed E-state index contributed by atoms with van der Waals surface area (Å²) in [5.74, 6) is 0.870. The Morgan fingerprint density at radius 3 is 2.47 bits per heavy atom. The van der Waals surface area contributed by atoms with E-state index in [4.69, 9.17) is 4.52 Å². The lowest BCUT2D eigenvalue weighted by Gasteiger charge is -2.19. The maximum Gasteiger partial charge on any atom is 0.151 e. The van der Waals surface area contributed by atoms with Crippen molar-refractivity contribution in [3.05, 3.63) is 42.8 Å². The molecule has 0 saturated carbocycles. The molecule has 1 rings (SSSR count). The molecule has 0 saturated heterocycles. The second-order valence-electron chi connectivity index (χ2n) is 5.66. The molecule has 106 valence electrons. The van der Waals surface area contributed by atoms with Crippen LogP contribution in [-0.4, -0.2) is 28.7 Å². The fraction of sp³-hybridized carbons (Fsp3) is 0.533. The van der Waals surface area contributed by atoms with Crippen LogP contribution in [0.1, 0.15) is 32.2 Å². The molecule has 0 aliphatic rings. The van der Waals surface area contributed by atoms with Gasteiger partial charge in [-0.3, -0.25) is 4.90 Å². The Hall–Kier alpha value is -1.39. The first-order chi connectivity index (χ1) is 8.94. The number of nitrogens with zero attached hydrogens (tertiary/aromatic N) is 2. The number of hydrogen-bond donors (Lipinski definition) is 1. The molecule has 4 heteroatoms. The molecule has 1 aromatic heterocycles. The lowest BCUT2D eigenvalue weighted by Crippen LogP contribution is -2.35. The van der Waals surface area contributed by atoms with E-state index in [1.165, 1.54) is 0 Å². The van der Waals surface area contributed by atoms with Gasteiger partial charge in [0.2, 0.25) is 0 Å². The predicted octanol–water partition coefficient (Wildman–Crippen LogP) is 2.74. The Balaban J connectivity index is 2.53. The average Bonchev–Trinajstić information content (AvgIpc) is 2.74. The van der Waals surface area contributed by atoms with Crippen molar-refractivity contribution in [1.82, 2.24) is 15.4 Å². The van der Waals surface area contributed by atoms with E-state index in [1.54, 1.807) is 0 Å². The summed E-state index contributed by atoms with van der Waals surface area (Å²) >= 11 is 0. The van der Waals surface area contributed by atoms with Crippen LogP contribution in [0, 0.1) is 0 Å². The number of aromatic nitrogens is 1. The minimum Gasteiger partial charge on any atom is -0.360 e. The second kappa shape index (κ2) is 7.26. The molecule has 19 heavy (non-hydrogen) atoms. The molecule has 0 spiro atoms. The average molecular weight is 263 g/mol. The number of hydrogen-bond acceptors (Lipinski definition) is 4. The summed E-state index contributed by atoms with van der Waals surface area (Å²) in [6.45, 7) is 17.0. The Kier molecular flexibility index (Phi) is 5.99. The summed E-state index contributed by atoms with van der Waals surface area (Å²) in [5, 5.41) is 7.46. The van der Waals surface area contributed by atoms with Gasteiger partial charge in [0.15, 0.2) is 5.76 Å². The minimum atomic E-state index is 0.0802. The van der Waals surface area contributed by atoms with E-state index in [9.17, 15) is 0 Å². The first kappa shape index (κ1) is 15.7. The molecular formula is C15H25N3O. The monoisotopic (exact) mass is 263 g/mol. The molecule has 0 atom stereocenters. The molecular weight excluding hydrogens is 238 g/mol. The molecule has 1 aromatic rings. The van der Waals surface area contributed by atoms with Gasteiger partial charge in [0.05, 0.1) is 12.2 Å². The Bertz CT molecular complexity index is 394. The van der Waals surface area contributed by atoms with Crippen LogP contribution in [0.25, 0.3) is 0 Å². The first-order valence-electron chi connectivity index (χ1n) is 6.58. The third-order valence-electron chi connectivity index (χ3n) is 2.56. The van der Waals surface area contributed by atoms with Crippen LogP contribution >= 0.6 is 0 Å². The van der Waals surface area contributed by atoms with Gasteiger partial charge < -0.3 is 9.84 Å². The molecule has 1 N–H and O–H groups in total. The summed E-state index contributed by atoms with van der Waals surface area (Å²) < 4.78 is 5.35. The van der Waals surface area contributed by atoms with Crippen molar-refractivity contribution in [3.63, 3.8) is 0 Å². The largest absolute Gasteiger partial charge is 0.360 e. The molecule has 0 amide bonds. The molecule has 0 aliphatic carbocycles. The predicted molar refractivity (Wildman–Crippen MR) is 78.8 cm³/mol. The molecule has 0 aromatic carbocycles. The van der Waals surface area contributed by atoms with Gasteiger partial charge in [-0.2, -0.15) is 0 Å². The maximum atomic E-state index is 5.35. The van der Waals surface area contributed by atoms with Crippen LogP contribution in [0.5, 0.6) is 0 Å². The molecule has 1 heterocycles. The van der Waals surface area contributed by atoms with Crippen LogP contribution in [-0.2, 0) is 13.1 Å². The minimum absolute atomic E-state index is 0.0802. The van der Waals surface area contributed by atoms with Crippen molar-refractivity contribution in [2.24, 2.45) is 0 Å². The first-order valence-corrected chi connectivity index (χ1v) is 6.58. The summed E-state index contributed by atoms with van der Waals surface area (Å²) in [6.07, 6.45) is 3.75. The van der Waals surface area contributed by atoms with E-state index in [0.29, 0.717) is 0 Å². The van der Waals surface area contributed by atoms with Gasteiger partial charge in [-0.05, 0) is 20.8 Å². The zero-order valence-corrected chi connectivity index (χ0v) is 12.3. The smallest absolute Gasteiger partial charge is 0.151 e. The molecule has 0 aliphatic heterocycles. The zero-order chi connectivity index (χ0) is 14.3. The Morgan fingerprint density at radius 2 is 1.95 bits per heavy atom. The standard InChI is InChI=1S/C15H25N3O/c1-6-8-18(9-7-2)12-14-10-13(17-19-14)11-16-15(3,4)5/h6-7,10,16H,1-2,8-9,11-12H2,3-5H3. The quantitative estimate of drug-likeness (QED) is 0.732. The van der Waals surface area contributed by atoms with E-state index in [1.807, 2.05) is 18.2 Å². The molecule has 0 fully saturated rings. The van der Waals surface area contributed by atoms with Gasteiger partial charge in [-0.1, -0.05) is 17.3 Å².